The Kier molecular flexibility index (Phi) is 10.8. The SMILES string of the molecule is CSC(C(=O)N1CCC(N2CC(Nc3ccc(C(=O)NCC(F)F)c(Cl)c3)C2)CC1)C(c1cc(F)cc(F)c1)C(F)(F)F. The monoisotopic (exact) mass is 654 g/mol. The first kappa shape index (κ1) is 33.2. The molecule has 236 valence electrons. The molecule has 2 unspecified atom stereocenters. The number of halogens is 8. The van der Waals surface area contributed by atoms with E-state index < -0.39 is 59.3 Å². The van der Waals surface area contributed by atoms with Crippen molar-refractivity contribution >= 4 is 40.9 Å². The standard InChI is InChI=1S/C28H30ClF7N4O2S/c1-43-25(24(28(34,35)36)15-8-16(30)10-17(31)9-15)27(42)39-6-4-20(5-7-39)40-13-19(14-40)38-18-2-3-21(22(29)11-18)26(41)37-12-23(32)33/h2-3,8-11,19-20,23-25,38H,4-7,12-14H2,1H3,(H,37,41). The van der Waals surface area contributed by atoms with Crippen LogP contribution in [0.1, 0.15) is 34.7 Å². The number of hydrogen-bond donors (Lipinski definition) is 2. The van der Waals surface area contributed by atoms with E-state index in [1.807, 2.05) is 0 Å². The molecule has 2 N–H and O–H groups in total. The maximum Gasteiger partial charge on any atom is 0.397 e. The average Bonchev–Trinajstić information content (AvgIpc) is 2.90. The molecule has 15 heteroatoms. The summed E-state index contributed by atoms with van der Waals surface area (Å²) in [6.07, 6.45) is -5.09. The van der Waals surface area contributed by atoms with Gasteiger partial charge in [0.1, 0.15) is 17.6 Å². The second-order valence-corrected chi connectivity index (χ2v) is 11.9. The van der Waals surface area contributed by atoms with Crippen molar-refractivity contribution in [2.45, 2.75) is 48.7 Å². The Morgan fingerprint density at radius 3 is 2.21 bits per heavy atom. The van der Waals surface area contributed by atoms with Crippen molar-refractivity contribution in [1.29, 1.82) is 0 Å². The first-order valence-corrected chi connectivity index (χ1v) is 15.1. The molecule has 2 amide bonds. The van der Waals surface area contributed by atoms with Crippen molar-refractivity contribution in [2.24, 2.45) is 0 Å². The molecule has 2 aliphatic heterocycles. The van der Waals surface area contributed by atoms with E-state index in [0.717, 1.165) is 0 Å². The van der Waals surface area contributed by atoms with Crippen LogP contribution < -0.4 is 10.6 Å². The van der Waals surface area contributed by atoms with Crippen LogP contribution in [0.4, 0.5) is 36.4 Å². The zero-order valence-electron chi connectivity index (χ0n) is 22.9. The number of alkyl halides is 5. The summed E-state index contributed by atoms with van der Waals surface area (Å²) in [6.45, 7) is 1.07. The number of likely N-dealkylation sites (tertiary alicyclic amines) is 2. The van der Waals surface area contributed by atoms with E-state index in [1.165, 1.54) is 17.2 Å². The number of thioether (sulfide) groups is 1. The van der Waals surface area contributed by atoms with E-state index in [2.05, 4.69) is 15.5 Å². The molecule has 2 saturated heterocycles. The van der Waals surface area contributed by atoms with Gasteiger partial charge in [-0.25, -0.2) is 17.6 Å². The maximum absolute atomic E-state index is 14.1. The van der Waals surface area contributed by atoms with Gasteiger partial charge in [0.05, 0.1) is 28.4 Å². The van der Waals surface area contributed by atoms with Gasteiger partial charge >= 0.3 is 6.18 Å². The summed E-state index contributed by atoms with van der Waals surface area (Å²) in [5.41, 5.74) is 0.108. The molecule has 0 spiro atoms. The Morgan fingerprint density at radius 2 is 1.67 bits per heavy atom. The molecule has 0 saturated carbocycles. The van der Waals surface area contributed by atoms with E-state index in [-0.39, 0.29) is 35.8 Å². The van der Waals surface area contributed by atoms with Gasteiger partial charge in [0, 0.05) is 44.0 Å². The van der Waals surface area contributed by atoms with Crippen LogP contribution in [0.5, 0.6) is 0 Å². The predicted octanol–water partition coefficient (Wildman–Crippen LogP) is 5.78. The second-order valence-electron chi connectivity index (χ2n) is 10.5. The van der Waals surface area contributed by atoms with Crippen molar-refractivity contribution in [2.75, 3.05) is 44.3 Å². The predicted molar refractivity (Wildman–Crippen MR) is 151 cm³/mol. The molecule has 0 radical (unpaired) electrons. The summed E-state index contributed by atoms with van der Waals surface area (Å²) >= 11 is 6.88. The molecule has 0 bridgehead atoms. The number of benzene rings is 2. The smallest absolute Gasteiger partial charge is 0.380 e. The minimum absolute atomic E-state index is 0.0642. The molecule has 2 fully saturated rings. The Morgan fingerprint density at radius 1 is 1.05 bits per heavy atom. The number of carbonyl (C=O) groups is 2. The number of piperidine rings is 1. The zero-order valence-corrected chi connectivity index (χ0v) is 24.5. The van der Waals surface area contributed by atoms with Crippen LogP contribution in [0.3, 0.4) is 0 Å². The maximum atomic E-state index is 14.1. The highest BCUT2D eigenvalue weighted by Crippen LogP contribution is 2.43. The largest absolute Gasteiger partial charge is 0.397 e. The highest BCUT2D eigenvalue weighted by molar-refractivity contribution is 8.00. The van der Waals surface area contributed by atoms with Gasteiger partial charge in [-0.05, 0) is 55.0 Å². The van der Waals surface area contributed by atoms with Crippen LogP contribution in [0.15, 0.2) is 36.4 Å². The van der Waals surface area contributed by atoms with Crippen LogP contribution in [-0.2, 0) is 4.79 Å². The summed E-state index contributed by atoms with van der Waals surface area (Å²) in [5.74, 6) is -6.07. The molecule has 0 aromatic heterocycles. The van der Waals surface area contributed by atoms with Crippen molar-refractivity contribution in [3.8, 4) is 0 Å². The fourth-order valence-corrected chi connectivity index (χ4v) is 6.69. The minimum atomic E-state index is -4.90. The van der Waals surface area contributed by atoms with E-state index in [0.29, 0.717) is 61.6 Å². The lowest BCUT2D eigenvalue weighted by atomic mass is 9.92. The Balaban J connectivity index is 1.29. The highest BCUT2D eigenvalue weighted by Gasteiger charge is 2.50. The molecule has 2 atom stereocenters. The molecule has 2 aromatic rings. The first-order valence-electron chi connectivity index (χ1n) is 13.5. The van der Waals surface area contributed by atoms with Crippen LogP contribution in [0, 0.1) is 11.6 Å². The lowest BCUT2D eigenvalue weighted by Crippen LogP contribution is -2.61. The molecular formula is C28H30ClF7N4O2S. The summed E-state index contributed by atoms with van der Waals surface area (Å²) in [6, 6.07) is 6.53. The third-order valence-corrected chi connectivity index (χ3v) is 8.89. The number of nitrogens with one attached hydrogen (secondary N) is 2. The number of rotatable bonds is 10. The fraction of sp³-hybridized carbons (Fsp3) is 0.500. The highest BCUT2D eigenvalue weighted by atomic mass is 35.5. The summed E-state index contributed by atoms with van der Waals surface area (Å²) in [7, 11) is 0. The molecule has 2 heterocycles. The topological polar surface area (TPSA) is 64.7 Å². The van der Waals surface area contributed by atoms with E-state index in [9.17, 15) is 40.3 Å². The molecule has 2 aliphatic rings. The Bertz CT molecular complexity index is 1280. The normalized spacial score (nSPS) is 18.3. The van der Waals surface area contributed by atoms with E-state index >= 15 is 0 Å². The lowest BCUT2D eigenvalue weighted by Gasteiger charge is -2.48. The summed E-state index contributed by atoms with van der Waals surface area (Å²) in [4.78, 5) is 28.9. The Labute approximate surface area is 253 Å². The summed E-state index contributed by atoms with van der Waals surface area (Å²) < 4.78 is 94.5. The van der Waals surface area contributed by atoms with Crippen LogP contribution in [0.2, 0.25) is 5.02 Å². The zero-order chi connectivity index (χ0) is 31.5. The van der Waals surface area contributed by atoms with Gasteiger partial charge in [-0.2, -0.15) is 24.9 Å². The lowest BCUT2D eigenvalue weighted by molar-refractivity contribution is -0.159. The van der Waals surface area contributed by atoms with Gasteiger partial charge in [-0.3, -0.25) is 14.5 Å². The van der Waals surface area contributed by atoms with Gasteiger partial charge in [-0.15, -0.1) is 0 Å². The van der Waals surface area contributed by atoms with Crippen LogP contribution in [0.25, 0.3) is 0 Å². The summed E-state index contributed by atoms with van der Waals surface area (Å²) in [5, 5.41) is 3.92. The molecule has 4 rings (SSSR count). The van der Waals surface area contributed by atoms with Crippen molar-refractivity contribution in [3.63, 3.8) is 0 Å². The number of hydrogen-bond acceptors (Lipinski definition) is 5. The quantitative estimate of drug-likeness (QED) is 0.318. The van der Waals surface area contributed by atoms with E-state index in [1.54, 1.807) is 12.1 Å². The van der Waals surface area contributed by atoms with Crippen molar-refractivity contribution in [3.05, 3.63) is 64.2 Å². The van der Waals surface area contributed by atoms with Crippen molar-refractivity contribution < 1.29 is 40.3 Å². The molecule has 2 aromatic carbocycles. The molecule has 0 aliphatic carbocycles. The second kappa shape index (κ2) is 13.9. The fourth-order valence-electron chi connectivity index (χ4n) is 5.49. The molecule has 6 nitrogen and oxygen atoms in total. The van der Waals surface area contributed by atoms with Gasteiger partial charge in [0.2, 0.25) is 5.91 Å². The average molecular weight is 655 g/mol. The number of amides is 2. The number of nitrogens with zero attached hydrogens (tertiary/aromatic N) is 2. The van der Waals surface area contributed by atoms with E-state index in [4.69, 9.17) is 11.6 Å². The van der Waals surface area contributed by atoms with Gasteiger partial charge < -0.3 is 15.5 Å². The third-order valence-electron chi connectivity index (χ3n) is 7.60. The van der Waals surface area contributed by atoms with Crippen molar-refractivity contribution in [1.82, 2.24) is 15.1 Å². The molecule has 43 heavy (non-hydrogen) atoms. The van der Waals surface area contributed by atoms with Gasteiger partial charge in [0.25, 0.3) is 12.3 Å². The van der Waals surface area contributed by atoms with Gasteiger partial charge in [0.15, 0.2) is 0 Å². The van der Waals surface area contributed by atoms with Gasteiger partial charge in [-0.1, -0.05) is 11.6 Å². The van der Waals surface area contributed by atoms with Crippen LogP contribution in [-0.4, -0.2) is 90.5 Å². The third kappa shape index (κ3) is 8.27. The number of carbonyl (C=O) groups excluding carboxylic acids is 2. The number of anilines is 1. The molecular weight excluding hydrogens is 625 g/mol. The Hall–Kier alpha value is -2.71. The van der Waals surface area contributed by atoms with Crippen LogP contribution >= 0.6 is 23.4 Å². The first-order chi connectivity index (χ1) is 20.3. The minimum Gasteiger partial charge on any atom is -0.380 e.